The number of rotatable bonds is 10. The van der Waals surface area contributed by atoms with Gasteiger partial charge in [0.1, 0.15) is 18.4 Å². The van der Waals surface area contributed by atoms with Crippen molar-refractivity contribution in [3.63, 3.8) is 0 Å². The van der Waals surface area contributed by atoms with Gasteiger partial charge in [0.25, 0.3) is 23.9 Å². The molecule has 12 nitrogen and oxygen atoms in total. The zero-order chi connectivity index (χ0) is 35.6. The molecule has 4 aromatic rings. The van der Waals surface area contributed by atoms with Gasteiger partial charge in [-0.1, -0.05) is 47.5 Å². The van der Waals surface area contributed by atoms with E-state index in [0.29, 0.717) is 30.2 Å². The molecule has 6 rings (SSSR count). The summed E-state index contributed by atoms with van der Waals surface area (Å²) in [5.74, 6) is -3.11. The Morgan fingerprint density at radius 2 is 1.30 bits per heavy atom. The van der Waals surface area contributed by atoms with Crippen molar-refractivity contribution in [3.05, 3.63) is 117 Å². The lowest BCUT2D eigenvalue weighted by Gasteiger charge is -2.08. The first-order valence-corrected chi connectivity index (χ1v) is 16.1. The fourth-order valence-corrected chi connectivity index (χ4v) is 5.14. The van der Waals surface area contributed by atoms with Gasteiger partial charge in [0.05, 0.1) is 28.2 Å². The Balaban J connectivity index is 0.000000194. The Hall–Kier alpha value is -5.34. The minimum absolute atomic E-state index is 0.0633. The highest BCUT2D eigenvalue weighted by atomic mass is 35.5. The monoisotopic (exact) mass is 724 g/mol. The van der Waals surface area contributed by atoms with E-state index in [0.717, 1.165) is 48.9 Å². The van der Waals surface area contributed by atoms with Gasteiger partial charge in [-0.2, -0.15) is 13.8 Å². The van der Waals surface area contributed by atoms with E-state index < -0.39 is 17.8 Å². The molecule has 0 fully saturated rings. The summed E-state index contributed by atoms with van der Waals surface area (Å²) < 4.78 is 36.5. The van der Waals surface area contributed by atoms with Gasteiger partial charge in [0, 0.05) is 17.6 Å². The number of ether oxygens (including phenoxy) is 2. The predicted octanol–water partition coefficient (Wildman–Crippen LogP) is 5.55. The zero-order valence-corrected chi connectivity index (χ0v) is 27.9. The van der Waals surface area contributed by atoms with Crippen LogP contribution in [0.5, 0.6) is 0 Å². The molecule has 16 heteroatoms. The molecule has 2 aromatic carbocycles. The third-order valence-electron chi connectivity index (χ3n) is 7.54. The number of nitrogens with two attached hydrogens (primary N) is 2. The number of amidine groups is 2. The summed E-state index contributed by atoms with van der Waals surface area (Å²) in [7, 11) is 0. The van der Waals surface area contributed by atoms with Crippen LogP contribution >= 0.6 is 23.2 Å². The van der Waals surface area contributed by atoms with Gasteiger partial charge in [0.2, 0.25) is 11.9 Å². The van der Waals surface area contributed by atoms with Crippen LogP contribution < -0.4 is 22.1 Å². The number of nitrogens with zero attached hydrogens (tertiary/aromatic N) is 4. The van der Waals surface area contributed by atoms with Gasteiger partial charge in [0.15, 0.2) is 0 Å². The number of hydrogen-bond acceptors (Lipinski definition) is 10. The average molecular weight is 726 g/mol. The highest BCUT2D eigenvalue weighted by Gasteiger charge is 2.18. The average Bonchev–Trinajstić information content (AvgIpc) is 3.72. The Kier molecular flexibility index (Phi) is 12.1. The smallest absolute Gasteiger partial charge is 0.282 e. The number of pyridine rings is 2. The van der Waals surface area contributed by atoms with Gasteiger partial charge in [-0.15, -0.1) is 0 Å². The number of hydrogen-bond donors (Lipinski definition) is 4. The molecule has 0 saturated carbocycles. The molecule has 2 atom stereocenters. The number of anilines is 2. The number of carbonyl (C=O) groups is 2. The van der Waals surface area contributed by atoms with Crippen LogP contribution in [0, 0.1) is 11.9 Å². The fourth-order valence-electron chi connectivity index (χ4n) is 4.87. The molecule has 0 bridgehead atoms. The molecule has 2 amide bonds. The van der Waals surface area contributed by atoms with Crippen LogP contribution in [-0.2, 0) is 22.3 Å². The maximum absolute atomic E-state index is 13.5. The number of benzene rings is 2. The molecule has 0 spiro atoms. The third kappa shape index (κ3) is 10.3. The van der Waals surface area contributed by atoms with Crippen LogP contribution in [-0.4, -0.2) is 59.1 Å². The highest BCUT2D eigenvalue weighted by Crippen LogP contribution is 2.21. The summed E-state index contributed by atoms with van der Waals surface area (Å²) >= 11 is 11.6. The van der Waals surface area contributed by atoms with E-state index >= 15 is 0 Å². The Morgan fingerprint density at radius 3 is 1.76 bits per heavy atom. The van der Waals surface area contributed by atoms with Crippen LogP contribution in [0.25, 0.3) is 0 Å². The first-order chi connectivity index (χ1) is 24.0. The van der Waals surface area contributed by atoms with Crippen LogP contribution in [0.2, 0.25) is 10.2 Å². The van der Waals surface area contributed by atoms with Crippen molar-refractivity contribution in [1.82, 2.24) is 9.97 Å². The molecule has 50 heavy (non-hydrogen) atoms. The molecule has 2 aliphatic rings. The van der Waals surface area contributed by atoms with E-state index in [1.807, 2.05) is 36.4 Å². The summed E-state index contributed by atoms with van der Waals surface area (Å²) in [4.78, 5) is 39.4. The fraction of sp³-hybridized carbons (Fsp3) is 0.235. The number of halogens is 4. The molecule has 0 aliphatic carbocycles. The van der Waals surface area contributed by atoms with Crippen molar-refractivity contribution in [3.8, 4) is 0 Å². The number of amides is 2. The molecular weight excluding hydrogens is 693 g/mol. The van der Waals surface area contributed by atoms with Gasteiger partial charge in [-0.25, -0.2) is 15.0 Å². The van der Waals surface area contributed by atoms with Crippen LogP contribution in [0.4, 0.5) is 20.2 Å². The molecule has 260 valence electrons. The van der Waals surface area contributed by atoms with Crippen molar-refractivity contribution in [2.75, 3.05) is 23.8 Å². The Bertz CT molecular complexity index is 1900. The largest absolute Gasteiger partial charge is 0.463 e. The topological polar surface area (TPSA) is 179 Å². The van der Waals surface area contributed by atoms with E-state index in [1.54, 1.807) is 12.1 Å². The predicted molar refractivity (Wildman–Crippen MR) is 187 cm³/mol. The summed E-state index contributed by atoms with van der Waals surface area (Å²) in [6.07, 6.45) is 4.69. The van der Waals surface area contributed by atoms with E-state index in [2.05, 4.69) is 30.6 Å². The number of nitrogens with one attached hydrogen (secondary N) is 2. The van der Waals surface area contributed by atoms with Gasteiger partial charge in [-0.05, 0) is 79.3 Å². The number of carbonyl (C=O) groups excluding carboxylic acids is 2. The van der Waals surface area contributed by atoms with Crippen molar-refractivity contribution >= 4 is 58.4 Å². The van der Waals surface area contributed by atoms with E-state index in [-0.39, 0.29) is 45.8 Å². The Morgan fingerprint density at radius 1 is 0.780 bits per heavy atom. The van der Waals surface area contributed by atoms with E-state index in [9.17, 15) is 18.4 Å². The van der Waals surface area contributed by atoms with E-state index in [4.69, 9.17) is 44.1 Å². The standard InChI is InChI=1S/C17H16Cl2N4O2.C17H16F2N4O2/c18-14-7-11(8-21-15(14)19)16(24)22-12-4-1-10(2-5-12)3-6-13-9-25-17(20)23-13;18-14-8-7-13(15(19)23-14)16(24)21-11-4-1-10(2-5-11)3-6-12-9-25-17(20)22-12/h1-2,4-5,7-8,13H,3,6,9H2,(H2,20,23)(H,22,24);1-2,4-5,7-8,12H,3,6,9H2,(H2,20,22)(H,21,24)/t13-;12-/m00/s1. The molecule has 2 aromatic heterocycles. The van der Waals surface area contributed by atoms with Crippen LogP contribution in [0.1, 0.15) is 44.7 Å². The minimum Gasteiger partial charge on any atom is -0.463 e. The number of aromatic nitrogens is 2. The molecule has 4 heterocycles. The second kappa shape index (κ2) is 16.9. The highest BCUT2D eigenvalue weighted by molar-refractivity contribution is 6.41. The number of aliphatic imine (C=N–C) groups is 2. The van der Waals surface area contributed by atoms with Crippen molar-refractivity contribution in [2.24, 2.45) is 21.5 Å². The van der Waals surface area contributed by atoms with Crippen LogP contribution in [0.3, 0.4) is 0 Å². The normalized spacial score (nSPS) is 16.2. The summed E-state index contributed by atoms with van der Waals surface area (Å²) in [6.45, 7) is 1.04. The lowest BCUT2D eigenvalue weighted by atomic mass is 10.1. The molecule has 0 saturated heterocycles. The first-order valence-electron chi connectivity index (χ1n) is 15.4. The molecule has 2 aliphatic heterocycles. The van der Waals surface area contributed by atoms with Crippen LogP contribution in [0.15, 0.2) is 82.9 Å². The molecular formula is C34H32Cl2F2N8O4. The summed E-state index contributed by atoms with van der Waals surface area (Å²) in [5.41, 5.74) is 14.4. The van der Waals surface area contributed by atoms with Gasteiger partial charge in [-0.3, -0.25) is 9.59 Å². The van der Waals surface area contributed by atoms with Crippen molar-refractivity contribution < 1.29 is 27.8 Å². The van der Waals surface area contributed by atoms with Crippen molar-refractivity contribution in [1.29, 1.82) is 0 Å². The molecule has 6 N–H and O–H groups in total. The lowest BCUT2D eigenvalue weighted by Crippen LogP contribution is -2.15. The van der Waals surface area contributed by atoms with Crippen molar-refractivity contribution in [2.45, 2.75) is 37.8 Å². The molecule has 0 radical (unpaired) electrons. The molecule has 0 unspecified atom stereocenters. The maximum Gasteiger partial charge on any atom is 0.282 e. The minimum atomic E-state index is -1.15. The summed E-state index contributed by atoms with van der Waals surface area (Å²) in [5, 5.41) is 5.75. The first kappa shape index (κ1) is 36.0. The van der Waals surface area contributed by atoms with Gasteiger partial charge >= 0.3 is 0 Å². The second-order valence-electron chi connectivity index (χ2n) is 11.2. The lowest BCUT2D eigenvalue weighted by molar-refractivity contribution is 0.101. The SMILES string of the molecule is NC1=N[C@@H](CCc2ccc(NC(=O)c3ccc(F)nc3F)cc2)CO1.NC1=N[C@@H](CCc2ccc(NC(=O)c3cnc(Cl)c(Cl)c3)cc2)CO1. The van der Waals surface area contributed by atoms with Gasteiger partial charge < -0.3 is 31.6 Å². The maximum atomic E-state index is 13.5. The number of aryl methyl sites for hydroxylation is 2. The Labute approximate surface area is 295 Å². The van der Waals surface area contributed by atoms with E-state index in [1.165, 1.54) is 12.3 Å². The zero-order valence-electron chi connectivity index (χ0n) is 26.4. The summed E-state index contributed by atoms with van der Waals surface area (Å²) in [6, 6.07) is 18.9. The quantitative estimate of drug-likeness (QED) is 0.154. The third-order valence-corrected chi connectivity index (χ3v) is 8.23. The second-order valence-corrected chi connectivity index (χ2v) is 12.0.